The lowest BCUT2D eigenvalue weighted by Crippen LogP contribution is -2.42. The van der Waals surface area contributed by atoms with Crippen molar-refractivity contribution in [2.45, 2.75) is 12.0 Å². The van der Waals surface area contributed by atoms with Crippen molar-refractivity contribution in [3.05, 3.63) is 65.2 Å². The summed E-state index contributed by atoms with van der Waals surface area (Å²) in [7, 11) is 3.21. The molecule has 1 N–H and O–H groups in total. The molecule has 0 unspecified atom stereocenters. The zero-order valence-electron chi connectivity index (χ0n) is 12.9. The van der Waals surface area contributed by atoms with Gasteiger partial charge in [0.1, 0.15) is 11.7 Å². The fourth-order valence-corrected chi connectivity index (χ4v) is 3.16. The average molecular weight is 311 g/mol. The Labute approximate surface area is 134 Å². The summed E-state index contributed by atoms with van der Waals surface area (Å²) in [5.74, 6) is -1.23. The highest BCUT2D eigenvalue weighted by atomic mass is 16.5. The summed E-state index contributed by atoms with van der Waals surface area (Å²) in [6.45, 7) is 0. The number of methoxy groups -OCH3 is 1. The molecule has 5 nitrogen and oxygen atoms in total. The quantitative estimate of drug-likeness (QED) is 0.946. The highest BCUT2D eigenvalue weighted by Crippen LogP contribution is 2.42. The second-order valence-electron chi connectivity index (χ2n) is 5.54. The first kappa shape index (κ1) is 15.1. The van der Waals surface area contributed by atoms with Crippen molar-refractivity contribution >= 4 is 11.9 Å². The van der Waals surface area contributed by atoms with Gasteiger partial charge in [-0.25, -0.2) is 0 Å². The second-order valence-corrected chi connectivity index (χ2v) is 5.54. The molecular formula is C18H17NO4. The number of amides is 1. The third-order valence-electron chi connectivity index (χ3n) is 4.30. The molecule has 1 aliphatic rings. The monoisotopic (exact) mass is 311 g/mol. The van der Waals surface area contributed by atoms with Gasteiger partial charge in [-0.15, -0.1) is 0 Å². The maximum atomic E-state index is 12.6. The van der Waals surface area contributed by atoms with Crippen molar-refractivity contribution in [2.24, 2.45) is 0 Å². The molecule has 2 aromatic carbocycles. The molecule has 0 aromatic heterocycles. The summed E-state index contributed by atoms with van der Waals surface area (Å²) in [5.41, 5.74) is 1.78. The number of aliphatic carboxylic acids is 1. The Balaban J connectivity index is 2.14. The molecule has 0 aliphatic carbocycles. The lowest BCUT2D eigenvalue weighted by molar-refractivity contribution is -0.140. The molecular weight excluding hydrogens is 294 g/mol. The summed E-state index contributed by atoms with van der Waals surface area (Å²) in [6.07, 6.45) is 0. The molecule has 1 amide bonds. The van der Waals surface area contributed by atoms with Crippen molar-refractivity contribution in [3.8, 4) is 5.75 Å². The number of fused-ring (bicyclic) bond motifs is 1. The molecule has 0 spiro atoms. The minimum Gasteiger partial charge on any atom is -0.497 e. The molecule has 2 aromatic rings. The van der Waals surface area contributed by atoms with Crippen molar-refractivity contribution in [3.63, 3.8) is 0 Å². The van der Waals surface area contributed by atoms with E-state index in [0.717, 1.165) is 5.56 Å². The van der Waals surface area contributed by atoms with Crippen LogP contribution in [0.3, 0.4) is 0 Å². The van der Waals surface area contributed by atoms with Crippen LogP contribution in [0.2, 0.25) is 0 Å². The largest absolute Gasteiger partial charge is 0.497 e. The number of carboxylic acids is 1. The van der Waals surface area contributed by atoms with E-state index in [2.05, 4.69) is 0 Å². The Morgan fingerprint density at radius 1 is 1.13 bits per heavy atom. The Hall–Kier alpha value is -2.82. The maximum absolute atomic E-state index is 12.6. The van der Waals surface area contributed by atoms with Crippen LogP contribution in [0, 0.1) is 0 Å². The fraction of sp³-hybridized carbons (Fsp3) is 0.222. The first-order chi connectivity index (χ1) is 11.0. The predicted octanol–water partition coefficient (Wildman–Crippen LogP) is 2.69. The average Bonchev–Trinajstić information content (AvgIpc) is 2.57. The number of hydrogen-bond acceptors (Lipinski definition) is 3. The van der Waals surface area contributed by atoms with Crippen LogP contribution in [0.4, 0.5) is 0 Å². The van der Waals surface area contributed by atoms with Gasteiger partial charge >= 0.3 is 5.97 Å². The Kier molecular flexibility index (Phi) is 3.78. The SMILES string of the molecule is COc1ccc([C@H]2[C@@H](C(=O)O)c3ccccc3C(=O)N2C)cc1. The van der Waals surface area contributed by atoms with Gasteiger partial charge < -0.3 is 14.7 Å². The lowest BCUT2D eigenvalue weighted by atomic mass is 9.80. The van der Waals surface area contributed by atoms with E-state index in [1.807, 2.05) is 0 Å². The Morgan fingerprint density at radius 2 is 1.78 bits per heavy atom. The van der Waals surface area contributed by atoms with E-state index < -0.39 is 17.9 Å². The first-order valence-electron chi connectivity index (χ1n) is 7.27. The fourth-order valence-electron chi connectivity index (χ4n) is 3.16. The van der Waals surface area contributed by atoms with Crippen LogP contribution < -0.4 is 4.74 Å². The summed E-state index contributed by atoms with van der Waals surface area (Å²) in [6, 6.07) is 13.5. The molecule has 1 aliphatic heterocycles. The molecule has 1 heterocycles. The van der Waals surface area contributed by atoms with Crippen molar-refractivity contribution < 1.29 is 19.4 Å². The van der Waals surface area contributed by atoms with Crippen LogP contribution in [0.1, 0.15) is 33.4 Å². The number of likely N-dealkylation sites (N-methyl/N-ethyl adjacent to an activating group) is 1. The summed E-state index contributed by atoms with van der Waals surface area (Å²) in [4.78, 5) is 26.0. The molecule has 3 rings (SSSR count). The number of ether oxygens (including phenoxy) is 1. The third kappa shape index (κ3) is 2.44. The van der Waals surface area contributed by atoms with Gasteiger partial charge in [-0.1, -0.05) is 30.3 Å². The Morgan fingerprint density at radius 3 is 2.39 bits per heavy atom. The van der Waals surface area contributed by atoms with E-state index in [1.54, 1.807) is 62.7 Å². The molecule has 5 heteroatoms. The number of carbonyl (C=O) groups excluding carboxylic acids is 1. The van der Waals surface area contributed by atoms with Gasteiger partial charge in [-0.05, 0) is 29.3 Å². The number of carbonyl (C=O) groups is 2. The highest BCUT2D eigenvalue weighted by Gasteiger charge is 2.42. The maximum Gasteiger partial charge on any atom is 0.313 e. The standard InChI is InChI=1S/C18H17NO4/c1-19-16(11-7-9-12(23-2)10-8-11)15(18(21)22)13-5-3-4-6-14(13)17(19)20/h3-10,15-16H,1-2H3,(H,21,22)/t15-,16-/m0/s1. The summed E-state index contributed by atoms with van der Waals surface area (Å²) >= 11 is 0. The van der Waals surface area contributed by atoms with E-state index in [-0.39, 0.29) is 5.91 Å². The zero-order valence-corrected chi connectivity index (χ0v) is 12.9. The molecule has 0 radical (unpaired) electrons. The van der Waals surface area contributed by atoms with E-state index in [4.69, 9.17) is 4.74 Å². The molecule has 23 heavy (non-hydrogen) atoms. The van der Waals surface area contributed by atoms with Crippen LogP contribution in [0.15, 0.2) is 48.5 Å². The predicted molar refractivity (Wildman–Crippen MR) is 84.6 cm³/mol. The molecule has 0 saturated carbocycles. The minimum atomic E-state index is -0.947. The smallest absolute Gasteiger partial charge is 0.313 e. The van der Waals surface area contributed by atoms with E-state index in [9.17, 15) is 14.7 Å². The number of rotatable bonds is 3. The number of carboxylic acid groups (broad SMARTS) is 1. The first-order valence-corrected chi connectivity index (χ1v) is 7.27. The van der Waals surface area contributed by atoms with Gasteiger partial charge in [-0.2, -0.15) is 0 Å². The van der Waals surface area contributed by atoms with Crippen LogP contribution in [-0.4, -0.2) is 36.0 Å². The molecule has 2 atom stereocenters. The summed E-state index contributed by atoms with van der Waals surface area (Å²) < 4.78 is 5.14. The van der Waals surface area contributed by atoms with Gasteiger partial charge in [0.05, 0.1) is 13.2 Å². The van der Waals surface area contributed by atoms with Gasteiger partial charge in [0, 0.05) is 12.6 Å². The highest BCUT2D eigenvalue weighted by molar-refractivity contribution is 6.00. The van der Waals surface area contributed by atoms with Crippen LogP contribution in [0.5, 0.6) is 5.75 Å². The van der Waals surface area contributed by atoms with Crippen molar-refractivity contribution in [2.75, 3.05) is 14.2 Å². The van der Waals surface area contributed by atoms with Crippen molar-refractivity contribution in [1.29, 1.82) is 0 Å². The Bertz CT molecular complexity index is 754. The van der Waals surface area contributed by atoms with Crippen LogP contribution in [0.25, 0.3) is 0 Å². The molecule has 118 valence electrons. The van der Waals surface area contributed by atoms with Gasteiger partial charge in [0.25, 0.3) is 5.91 Å². The normalized spacial score (nSPS) is 20.1. The number of nitrogens with zero attached hydrogens (tertiary/aromatic N) is 1. The van der Waals surface area contributed by atoms with Crippen LogP contribution in [-0.2, 0) is 4.79 Å². The van der Waals surface area contributed by atoms with Crippen LogP contribution >= 0.6 is 0 Å². The molecule has 0 saturated heterocycles. The van der Waals surface area contributed by atoms with Gasteiger partial charge in [0.15, 0.2) is 0 Å². The number of hydrogen-bond donors (Lipinski definition) is 1. The topological polar surface area (TPSA) is 66.8 Å². The van der Waals surface area contributed by atoms with Crippen molar-refractivity contribution in [1.82, 2.24) is 4.90 Å². The third-order valence-corrected chi connectivity index (χ3v) is 4.30. The minimum absolute atomic E-state index is 0.168. The lowest BCUT2D eigenvalue weighted by Gasteiger charge is -2.38. The van der Waals surface area contributed by atoms with E-state index in [0.29, 0.717) is 16.9 Å². The molecule has 0 bridgehead atoms. The summed E-state index contributed by atoms with van der Waals surface area (Å²) in [5, 5.41) is 9.76. The van der Waals surface area contributed by atoms with E-state index in [1.165, 1.54) is 4.90 Å². The zero-order chi connectivity index (χ0) is 16.6. The molecule has 0 fully saturated rings. The second kappa shape index (κ2) is 5.76. The van der Waals surface area contributed by atoms with E-state index >= 15 is 0 Å². The van der Waals surface area contributed by atoms with Gasteiger partial charge in [-0.3, -0.25) is 9.59 Å². The number of benzene rings is 2. The van der Waals surface area contributed by atoms with Gasteiger partial charge in [0.2, 0.25) is 0 Å².